The van der Waals surface area contributed by atoms with Gasteiger partial charge in [0.05, 0.1) is 0 Å². The summed E-state index contributed by atoms with van der Waals surface area (Å²) in [5, 5.41) is 6.06. The minimum Gasteiger partial charge on any atom is -0.310 e. The smallest absolute Gasteiger partial charge is 0.0357 e. The number of hydrogen-bond donors (Lipinski definition) is 1. The van der Waals surface area contributed by atoms with Gasteiger partial charge in [-0.05, 0) is 55.2 Å². The Morgan fingerprint density at radius 1 is 1.47 bits per heavy atom. The zero-order valence-electron chi connectivity index (χ0n) is 11.3. The second-order valence-electron chi connectivity index (χ2n) is 5.56. The van der Waals surface area contributed by atoms with Crippen LogP contribution in [-0.2, 0) is 0 Å². The Morgan fingerprint density at radius 3 is 2.88 bits per heavy atom. The summed E-state index contributed by atoms with van der Waals surface area (Å²) >= 11 is 1.88. The average Bonchev–Trinajstić information content (AvgIpc) is 2.72. The van der Waals surface area contributed by atoms with E-state index in [1.165, 1.54) is 36.1 Å². The SMILES string of the molecule is CCNC(c1csc(C)c1)C1CCCC(C)C1. The second kappa shape index (κ2) is 6.01. The number of hydrogen-bond acceptors (Lipinski definition) is 2. The molecule has 1 fully saturated rings. The van der Waals surface area contributed by atoms with Crippen molar-refractivity contribution in [2.45, 2.75) is 52.5 Å². The van der Waals surface area contributed by atoms with E-state index in [4.69, 9.17) is 0 Å². The maximum atomic E-state index is 3.71. The quantitative estimate of drug-likeness (QED) is 0.829. The molecule has 0 aromatic carbocycles. The van der Waals surface area contributed by atoms with Crippen molar-refractivity contribution in [1.29, 1.82) is 0 Å². The molecule has 0 aliphatic heterocycles. The lowest BCUT2D eigenvalue weighted by Crippen LogP contribution is -2.30. The topological polar surface area (TPSA) is 12.0 Å². The Labute approximate surface area is 110 Å². The summed E-state index contributed by atoms with van der Waals surface area (Å²) in [5.74, 6) is 1.75. The highest BCUT2D eigenvalue weighted by Gasteiger charge is 2.27. The third kappa shape index (κ3) is 3.32. The number of rotatable bonds is 4. The van der Waals surface area contributed by atoms with E-state index in [9.17, 15) is 0 Å². The summed E-state index contributed by atoms with van der Waals surface area (Å²) < 4.78 is 0. The molecule has 96 valence electrons. The number of thiophene rings is 1. The molecule has 17 heavy (non-hydrogen) atoms. The molecule has 2 rings (SSSR count). The molecule has 1 N–H and O–H groups in total. The summed E-state index contributed by atoms with van der Waals surface area (Å²) in [4.78, 5) is 1.44. The van der Waals surface area contributed by atoms with Crippen LogP contribution >= 0.6 is 11.3 Å². The first-order valence-corrected chi connectivity index (χ1v) is 7.87. The van der Waals surface area contributed by atoms with Crippen LogP contribution in [0, 0.1) is 18.8 Å². The molecule has 0 amide bonds. The van der Waals surface area contributed by atoms with Crippen LogP contribution in [0.15, 0.2) is 11.4 Å². The largest absolute Gasteiger partial charge is 0.310 e. The van der Waals surface area contributed by atoms with Gasteiger partial charge in [0.25, 0.3) is 0 Å². The van der Waals surface area contributed by atoms with Crippen LogP contribution in [0.4, 0.5) is 0 Å². The van der Waals surface area contributed by atoms with E-state index >= 15 is 0 Å². The van der Waals surface area contributed by atoms with E-state index in [0.29, 0.717) is 6.04 Å². The fourth-order valence-corrected chi connectivity index (χ4v) is 3.93. The third-order valence-electron chi connectivity index (χ3n) is 3.98. The van der Waals surface area contributed by atoms with Crippen LogP contribution in [0.1, 0.15) is 56.0 Å². The van der Waals surface area contributed by atoms with Crippen LogP contribution in [0.2, 0.25) is 0 Å². The zero-order chi connectivity index (χ0) is 12.3. The lowest BCUT2D eigenvalue weighted by atomic mass is 9.77. The first kappa shape index (κ1) is 13.1. The highest BCUT2D eigenvalue weighted by molar-refractivity contribution is 7.10. The van der Waals surface area contributed by atoms with Crippen LogP contribution in [-0.4, -0.2) is 6.54 Å². The van der Waals surface area contributed by atoms with Gasteiger partial charge in [0.1, 0.15) is 0 Å². The Bertz CT molecular complexity index is 344. The van der Waals surface area contributed by atoms with Crippen LogP contribution in [0.3, 0.4) is 0 Å². The Balaban J connectivity index is 2.10. The van der Waals surface area contributed by atoms with Gasteiger partial charge in [0, 0.05) is 10.9 Å². The van der Waals surface area contributed by atoms with E-state index < -0.39 is 0 Å². The number of nitrogens with one attached hydrogen (secondary N) is 1. The molecule has 1 aromatic rings. The molecule has 0 radical (unpaired) electrons. The van der Waals surface area contributed by atoms with E-state index in [1.54, 1.807) is 0 Å². The van der Waals surface area contributed by atoms with Crippen molar-refractivity contribution < 1.29 is 0 Å². The first-order chi connectivity index (χ1) is 8.20. The highest BCUT2D eigenvalue weighted by atomic mass is 32.1. The summed E-state index contributed by atoms with van der Waals surface area (Å²) in [6, 6.07) is 2.96. The predicted molar refractivity (Wildman–Crippen MR) is 76.6 cm³/mol. The number of aryl methyl sites for hydroxylation is 1. The molecular weight excluding hydrogens is 226 g/mol. The van der Waals surface area contributed by atoms with Crippen molar-refractivity contribution in [3.63, 3.8) is 0 Å². The minimum atomic E-state index is 0.590. The summed E-state index contributed by atoms with van der Waals surface area (Å²) in [6.45, 7) is 7.91. The predicted octanol–water partition coefficient (Wildman–Crippen LogP) is 4.53. The Kier molecular flexibility index (Phi) is 4.63. The van der Waals surface area contributed by atoms with Crippen LogP contribution in [0.5, 0.6) is 0 Å². The van der Waals surface area contributed by atoms with E-state index in [-0.39, 0.29) is 0 Å². The van der Waals surface area contributed by atoms with Gasteiger partial charge < -0.3 is 5.32 Å². The molecule has 0 spiro atoms. The van der Waals surface area contributed by atoms with Crippen LogP contribution in [0.25, 0.3) is 0 Å². The van der Waals surface area contributed by atoms with Crippen molar-refractivity contribution >= 4 is 11.3 Å². The first-order valence-electron chi connectivity index (χ1n) is 6.99. The summed E-state index contributed by atoms with van der Waals surface area (Å²) in [5.41, 5.74) is 1.52. The van der Waals surface area contributed by atoms with Gasteiger partial charge in [-0.3, -0.25) is 0 Å². The zero-order valence-corrected chi connectivity index (χ0v) is 12.1. The van der Waals surface area contributed by atoms with Gasteiger partial charge in [-0.2, -0.15) is 0 Å². The van der Waals surface area contributed by atoms with Gasteiger partial charge >= 0.3 is 0 Å². The monoisotopic (exact) mass is 251 g/mol. The summed E-state index contributed by atoms with van der Waals surface area (Å²) in [6.07, 6.45) is 5.64. The lowest BCUT2D eigenvalue weighted by molar-refractivity contribution is 0.225. The van der Waals surface area contributed by atoms with Crippen LogP contribution < -0.4 is 5.32 Å². The molecule has 1 aromatic heterocycles. The van der Waals surface area contributed by atoms with Crippen molar-refractivity contribution in [2.75, 3.05) is 6.54 Å². The van der Waals surface area contributed by atoms with E-state index in [0.717, 1.165) is 18.4 Å². The van der Waals surface area contributed by atoms with Gasteiger partial charge in [0.2, 0.25) is 0 Å². The Morgan fingerprint density at radius 2 is 2.29 bits per heavy atom. The molecule has 1 aliphatic rings. The third-order valence-corrected chi connectivity index (χ3v) is 4.86. The molecule has 3 unspecified atom stereocenters. The molecule has 1 saturated carbocycles. The molecular formula is C15H25NS. The van der Waals surface area contributed by atoms with E-state index in [2.05, 4.69) is 37.5 Å². The average molecular weight is 251 g/mol. The van der Waals surface area contributed by atoms with E-state index in [1.807, 2.05) is 11.3 Å². The standard InChI is InChI=1S/C15H25NS/c1-4-16-15(14-9-12(3)17-10-14)13-7-5-6-11(2)8-13/h9-11,13,15-16H,4-8H2,1-3H3. The van der Waals surface area contributed by atoms with Gasteiger partial charge in [0.15, 0.2) is 0 Å². The van der Waals surface area contributed by atoms with Gasteiger partial charge in [-0.25, -0.2) is 0 Å². The fraction of sp³-hybridized carbons (Fsp3) is 0.733. The molecule has 1 nitrogen and oxygen atoms in total. The van der Waals surface area contributed by atoms with Crippen molar-refractivity contribution in [3.05, 3.63) is 21.9 Å². The van der Waals surface area contributed by atoms with Crippen molar-refractivity contribution in [1.82, 2.24) is 5.32 Å². The molecule has 1 heterocycles. The maximum Gasteiger partial charge on any atom is 0.0357 e. The van der Waals surface area contributed by atoms with Crippen molar-refractivity contribution in [2.24, 2.45) is 11.8 Å². The van der Waals surface area contributed by atoms with Gasteiger partial charge in [-0.15, -0.1) is 11.3 Å². The molecule has 3 atom stereocenters. The molecule has 1 aliphatic carbocycles. The van der Waals surface area contributed by atoms with Gasteiger partial charge in [-0.1, -0.05) is 26.7 Å². The second-order valence-corrected chi connectivity index (χ2v) is 6.67. The van der Waals surface area contributed by atoms with Crippen molar-refractivity contribution in [3.8, 4) is 0 Å². The molecule has 2 heteroatoms. The summed E-state index contributed by atoms with van der Waals surface area (Å²) in [7, 11) is 0. The highest BCUT2D eigenvalue weighted by Crippen LogP contribution is 2.38. The Hall–Kier alpha value is -0.340. The minimum absolute atomic E-state index is 0.590. The fourth-order valence-electron chi connectivity index (χ4n) is 3.19. The lowest BCUT2D eigenvalue weighted by Gasteiger charge is -2.33. The normalized spacial score (nSPS) is 27.0. The molecule has 0 bridgehead atoms. The molecule has 0 saturated heterocycles. The maximum absolute atomic E-state index is 3.71.